The number of likely N-dealkylation sites (N-methyl/N-ethyl adjacent to an activating group) is 1. The summed E-state index contributed by atoms with van der Waals surface area (Å²) in [5.41, 5.74) is -0.0261. The molecule has 1 aromatic rings. The van der Waals surface area contributed by atoms with Gasteiger partial charge in [-0.3, -0.25) is 9.69 Å². The number of nitrogens with zero attached hydrogens (tertiary/aromatic N) is 1. The van der Waals surface area contributed by atoms with Crippen LogP contribution in [0.4, 0.5) is 5.69 Å². The quantitative estimate of drug-likeness (QED) is 0.836. The van der Waals surface area contributed by atoms with Crippen LogP contribution in [-0.4, -0.2) is 41.1 Å². The summed E-state index contributed by atoms with van der Waals surface area (Å²) in [5, 5.41) is 12.6. The van der Waals surface area contributed by atoms with Gasteiger partial charge in [0.1, 0.15) is 0 Å². The molecule has 0 saturated heterocycles. The van der Waals surface area contributed by atoms with Gasteiger partial charge >= 0.3 is 0 Å². The second kappa shape index (κ2) is 5.98. The first kappa shape index (κ1) is 14.7. The summed E-state index contributed by atoms with van der Waals surface area (Å²) in [5.74, 6) is -0.0760. The smallest absolute Gasteiger partial charge is 0.241 e. The third-order valence-electron chi connectivity index (χ3n) is 2.72. The monoisotopic (exact) mass is 250 g/mol. The highest BCUT2D eigenvalue weighted by Gasteiger charge is 2.23. The van der Waals surface area contributed by atoms with Crippen LogP contribution in [-0.2, 0) is 4.79 Å². The molecule has 0 aliphatic rings. The van der Waals surface area contributed by atoms with Gasteiger partial charge in [-0.2, -0.15) is 0 Å². The van der Waals surface area contributed by atoms with Gasteiger partial charge in [-0.05, 0) is 40.0 Å². The summed E-state index contributed by atoms with van der Waals surface area (Å²) >= 11 is 0. The van der Waals surface area contributed by atoms with E-state index in [2.05, 4.69) is 5.32 Å². The largest absolute Gasteiger partial charge is 0.389 e. The van der Waals surface area contributed by atoms with Crippen molar-refractivity contribution >= 4 is 11.6 Å². The molecular weight excluding hydrogens is 228 g/mol. The van der Waals surface area contributed by atoms with E-state index in [1.54, 1.807) is 13.8 Å². The first-order valence-corrected chi connectivity index (χ1v) is 6.08. The van der Waals surface area contributed by atoms with E-state index in [4.69, 9.17) is 0 Å². The van der Waals surface area contributed by atoms with Gasteiger partial charge in [-0.15, -0.1) is 0 Å². The first-order valence-electron chi connectivity index (χ1n) is 6.08. The maximum absolute atomic E-state index is 12.0. The Kier molecular flexibility index (Phi) is 4.87. The van der Waals surface area contributed by atoms with Gasteiger partial charge in [0.05, 0.1) is 11.6 Å². The maximum atomic E-state index is 12.0. The molecule has 1 rings (SSSR count). The Morgan fingerprint density at radius 1 is 1.39 bits per heavy atom. The fourth-order valence-electron chi connectivity index (χ4n) is 1.72. The van der Waals surface area contributed by atoms with Gasteiger partial charge in [-0.1, -0.05) is 18.2 Å². The molecular formula is C14H22N2O2. The van der Waals surface area contributed by atoms with Crippen LogP contribution in [0.5, 0.6) is 0 Å². The van der Waals surface area contributed by atoms with E-state index in [9.17, 15) is 9.90 Å². The highest BCUT2D eigenvalue weighted by atomic mass is 16.3. The SMILES string of the molecule is CC(C(=O)Nc1ccccc1)N(C)CC(C)(C)O. The van der Waals surface area contributed by atoms with E-state index in [1.807, 2.05) is 49.2 Å². The number of benzene rings is 1. The highest BCUT2D eigenvalue weighted by Crippen LogP contribution is 2.10. The van der Waals surface area contributed by atoms with Crippen molar-refractivity contribution in [1.29, 1.82) is 0 Å². The summed E-state index contributed by atoms with van der Waals surface area (Å²) in [6.07, 6.45) is 0. The zero-order valence-electron chi connectivity index (χ0n) is 11.5. The molecule has 18 heavy (non-hydrogen) atoms. The Hall–Kier alpha value is -1.39. The van der Waals surface area contributed by atoms with Crippen LogP contribution in [0.1, 0.15) is 20.8 Å². The molecule has 0 fully saturated rings. The van der Waals surface area contributed by atoms with Gasteiger partial charge in [0.15, 0.2) is 0 Å². The fourth-order valence-corrected chi connectivity index (χ4v) is 1.72. The second-order valence-corrected chi connectivity index (χ2v) is 5.26. The van der Waals surface area contributed by atoms with Crippen LogP contribution in [0.3, 0.4) is 0 Å². The summed E-state index contributed by atoms with van der Waals surface area (Å²) < 4.78 is 0. The lowest BCUT2D eigenvalue weighted by Crippen LogP contribution is -2.46. The summed E-state index contributed by atoms with van der Waals surface area (Å²) in [6.45, 7) is 5.72. The van der Waals surface area contributed by atoms with Gasteiger partial charge in [0.25, 0.3) is 0 Å². The van der Waals surface area contributed by atoms with Crippen molar-refractivity contribution in [3.8, 4) is 0 Å². The van der Waals surface area contributed by atoms with Gasteiger partial charge < -0.3 is 10.4 Å². The number of anilines is 1. The van der Waals surface area contributed by atoms with E-state index in [-0.39, 0.29) is 11.9 Å². The number of rotatable bonds is 5. The Labute approximate surface area is 109 Å². The molecule has 0 radical (unpaired) electrons. The minimum Gasteiger partial charge on any atom is -0.389 e. The zero-order valence-corrected chi connectivity index (χ0v) is 11.5. The van der Waals surface area contributed by atoms with Crippen LogP contribution in [0.2, 0.25) is 0 Å². The number of hydrogen-bond acceptors (Lipinski definition) is 3. The van der Waals surface area contributed by atoms with Crippen LogP contribution in [0.15, 0.2) is 30.3 Å². The minimum absolute atomic E-state index is 0.0760. The van der Waals surface area contributed by atoms with E-state index >= 15 is 0 Å². The van der Waals surface area contributed by atoms with Gasteiger partial charge in [0, 0.05) is 12.2 Å². The number of carbonyl (C=O) groups is 1. The second-order valence-electron chi connectivity index (χ2n) is 5.26. The molecule has 0 aliphatic heterocycles. The van der Waals surface area contributed by atoms with Gasteiger partial charge in [-0.25, -0.2) is 0 Å². The van der Waals surface area contributed by atoms with Crippen LogP contribution >= 0.6 is 0 Å². The van der Waals surface area contributed by atoms with Crippen molar-refractivity contribution in [2.75, 3.05) is 18.9 Å². The Bertz CT molecular complexity index is 385. The number of nitrogens with one attached hydrogen (secondary N) is 1. The number of para-hydroxylation sites is 1. The average molecular weight is 250 g/mol. The van der Waals surface area contributed by atoms with Crippen molar-refractivity contribution < 1.29 is 9.90 Å². The van der Waals surface area contributed by atoms with Crippen molar-refractivity contribution in [2.45, 2.75) is 32.4 Å². The molecule has 1 atom stereocenters. The van der Waals surface area contributed by atoms with Crippen molar-refractivity contribution in [1.82, 2.24) is 4.90 Å². The van der Waals surface area contributed by atoms with E-state index < -0.39 is 5.60 Å². The predicted molar refractivity (Wildman–Crippen MR) is 73.5 cm³/mol. The van der Waals surface area contributed by atoms with Gasteiger partial charge in [0.2, 0.25) is 5.91 Å². The third kappa shape index (κ3) is 4.85. The Morgan fingerprint density at radius 2 is 1.94 bits per heavy atom. The van der Waals surface area contributed by atoms with Crippen LogP contribution < -0.4 is 5.32 Å². The van der Waals surface area contributed by atoms with Crippen molar-refractivity contribution in [3.05, 3.63) is 30.3 Å². The molecule has 4 nitrogen and oxygen atoms in total. The molecule has 1 amide bonds. The van der Waals surface area contributed by atoms with E-state index in [0.717, 1.165) is 5.69 Å². The van der Waals surface area contributed by atoms with E-state index in [1.165, 1.54) is 0 Å². The Balaban J connectivity index is 2.56. The third-order valence-corrected chi connectivity index (χ3v) is 2.72. The van der Waals surface area contributed by atoms with Crippen molar-refractivity contribution in [2.24, 2.45) is 0 Å². The lowest BCUT2D eigenvalue weighted by Gasteiger charge is -2.29. The molecule has 0 aromatic heterocycles. The standard InChI is InChI=1S/C14H22N2O2/c1-11(16(4)10-14(2,3)18)13(17)15-12-8-6-5-7-9-12/h5-9,11,18H,10H2,1-4H3,(H,15,17). The minimum atomic E-state index is -0.809. The molecule has 0 saturated carbocycles. The van der Waals surface area contributed by atoms with Crippen molar-refractivity contribution in [3.63, 3.8) is 0 Å². The molecule has 0 aliphatic carbocycles. The Morgan fingerprint density at radius 3 is 2.44 bits per heavy atom. The summed E-state index contributed by atoms with van der Waals surface area (Å²) in [7, 11) is 1.83. The topological polar surface area (TPSA) is 52.6 Å². The first-order chi connectivity index (χ1) is 8.29. The molecule has 1 unspecified atom stereocenters. The average Bonchev–Trinajstić information content (AvgIpc) is 2.27. The number of carbonyl (C=O) groups excluding carboxylic acids is 1. The predicted octanol–water partition coefficient (Wildman–Crippen LogP) is 1.72. The molecule has 0 spiro atoms. The number of hydrogen-bond donors (Lipinski definition) is 2. The normalized spacial score (nSPS) is 13.4. The lowest BCUT2D eigenvalue weighted by molar-refractivity contribution is -0.121. The summed E-state index contributed by atoms with van der Waals surface area (Å²) in [6, 6.07) is 9.05. The molecule has 0 bridgehead atoms. The molecule has 1 aromatic carbocycles. The molecule has 4 heteroatoms. The molecule has 100 valence electrons. The molecule has 0 heterocycles. The van der Waals surface area contributed by atoms with Crippen LogP contribution in [0, 0.1) is 0 Å². The fraction of sp³-hybridized carbons (Fsp3) is 0.500. The zero-order chi connectivity index (χ0) is 13.8. The lowest BCUT2D eigenvalue weighted by atomic mass is 10.1. The number of aliphatic hydroxyl groups is 1. The van der Waals surface area contributed by atoms with E-state index in [0.29, 0.717) is 6.54 Å². The van der Waals surface area contributed by atoms with Crippen LogP contribution in [0.25, 0.3) is 0 Å². The highest BCUT2D eigenvalue weighted by molar-refractivity contribution is 5.94. The summed E-state index contributed by atoms with van der Waals surface area (Å²) in [4.78, 5) is 13.8. The maximum Gasteiger partial charge on any atom is 0.241 e. The molecule has 2 N–H and O–H groups in total. The number of amides is 1.